The number of aliphatic hydroxyl groups excluding tert-OH is 1. The van der Waals surface area contributed by atoms with Gasteiger partial charge in [-0.2, -0.15) is 0 Å². The van der Waals surface area contributed by atoms with Gasteiger partial charge in [0.05, 0.1) is 6.54 Å². The fourth-order valence-corrected chi connectivity index (χ4v) is 1.50. The molecule has 0 saturated carbocycles. The van der Waals surface area contributed by atoms with E-state index in [2.05, 4.69) is 17.6 Å². The first-order chi connectivity index (χ1) is 9.02. The van der Waals surface area contributed by atoms with Crippen LogP contribution in [0.2, 0.25) is 0 Å². The van der Waals surface area contributed by atoms with Gasteiger partial charge in [0.2, 0.25) is 0 Å². The predicted molar refractivity (Wildman–Crippen MR) is 71.1 cm³/mol. The molecule has 0 heterocycles. The van der Waals surface area contributed by atoms with Gasteiger partial charge in [0.25, 0.3) is 0 Å². The summed E-state index contributed by atoms with van der Waals surface area (Å²) in [6, 6.07) is 6.84. The van der Waals surface area contributed by atoms with E-state index in [9.17, 15) is 9.59 Å². The van der Waals surface area contributed by atoms with Crippen LogP contribution in [0.25, 0.3) is 0 Å². The summed E-state index contributed by atoms with van der Waals surface area (Å²) in [7, 11) is 0. The van der Waals surface area contributed by atoms with E-state index in [1.165, 1.54) is 5.56 Å². The monoisotopic (exact) mass is 266 g/mol. The Bertz CT molecular complexity index is 431. The molecule has 2 amide bonds. The van der Waals surface area contributed by atoms with E-state index in [0.717, 1.165) is 12.8 Å². The van der Waals surface area contributed by atoms with E-state index >= 15 is 0 Å². The fourth-order valence-electron chi connectivity index (χ4n) is 1.50. The lowest BCUT2D eigenvalue weighted by atomic mass is 10.1. The van der Waals surface area contributed by atoms with Gasteiger partial charge in [0.15, 0.2) is 6.10 Å². The number of benzene rings is 1. The molecule has 0 unspecified atom stereocenters. The number of carboxylic acid groups (broad SMARTS) is 1. The van der Waals surface area contributed by atoms with E-state index in [1.807, 2.05) is 12.1 Å². The lowest BCUT2D eigenvalue weighted by Crippen LogP contribution is -2.38. The molecule has 0 bridgehead atoms. The Hall–Kier alpha value is -2.08. The lowest BCUT2D eigenvalue weighted by Gasteiger charge is -2.09. The maximum absolute atomic E-state index is 11.4. The molecule has 19 heavy (non-hydrogen) atoms. The first-order valence-electron chi connectivity index (χ1n) is 6.07. The van der Waals surface area contributed by atoms with Crippen LogP contribution in [0.1, 0.15) is 18.9 Å². The highest BCUT2D eigenvalue weighted by Gasteiger charge is 2.13. The number of aliphatic hydroxyl groups is 1. The summed E-state index contributed by atoms with van der Waals surface area (Å²) in [6.45, 7) is 1.75. The molecule has 1 rings (SSSR count). The van der Waals surface area contributed by atoms with Crippen molar-refractivity contribution in [3.8, 4) is 0 Å². The summed E-state index contributed by atoms with van der Waals surface area (Å²) in [4.78, 5) is 21.8. The minimum atomic E-state index is -1.60. The molecule has 1 aromatic rings. The van der Waals surface area contributed by atoms with Crippen LogP contribution in [0.4, 0.5) is 10.5 Å². The number of amides is 2. The standard InChI is InChI=1S/C13H18N2O4/c1-2-3-9-4-6-10(7-5-9)15-13(19)14-8-11(16)12(17)18/h4-7,11,16H,2-3,8H2,1H3,(H,17,18)(H2,14,15,19)/t11-/m0/s1. The second kappa shape index (κ2) is 7.38. The van der Waals surface area contributed by atoms with Crippen molar-refractivity contribution < 1.29 is 19.8 Å². The zero-order valence-corrected chi connectivity index (χ0v) is 10.7. The third-order valence-corrected chi connectivity index (χ3v) is 2.49. The number of carbonyl (C=O) groups is 2. The number of anilines is 1. The molecule has 0 radical (unpaired) electrons. The van der Waals surface area contributed by atoms with Gasteiger partial charge in [-0.1, -0.05) is 25.5 Å². The Morgan fingerprint density at radius 2 is 1.89 bits per heavy atom. The van der Waals surface area contributed by atoms with Gasteiger partial charge in [-0.25, -0.2) is 9.59 Å². The van der Waals surface area contributed by atoms with Gasteiger partial charge in [0, 0.05) is 5.69 Å². The highest BCUT2D eigenvalue weighted by atomic mass is 16.4. The van der Waals surface area contributed by atoms with Gasteiger partial charge in [0.1, 0.15) is 0 Å². The number of aryl methyl sites for hydroxylation is 1. The molecule has 6 heteroatoms. The van der Waals surface area contributed by atoms with Crippen LogP contribution in [0.3, 0.4) is 0 Å². The quantitative estimate of drug-likeness (QED) is 0.622. The van der Waals surface area contributed by atoms with Crippen LogP contribution in [0, 0.1) is 0 Å². The minimum absolute atomic E-state index is 0.338. The number of aliphatic carboxylic acids is 1. The van der Waals surface area contributed by atoms with Crippen LogP contribution >= 0.6 is 0 Å². The third-order valence-electron chi connectivity index (χ3n) is 2.49. The minimum Gasteiger partial charge on any atom is -0.479 e. The van der Waals surface area contributed by atoms with Gasteiger partial charge in [-0.15, -0.1) is 0 Å². The average Bonchev–Trinajstić information content (AvgIpc) is 2.38. The largest absolute Gasteiger partial charge is 0.479 e. The highest BCUT2D eigenvalue weighted by Crippen LogP contribution is 2.10. The number of rotatable bonds is 6. The van der Waals surface area contributed by atoms with Crippen LogP contribution in [0.15, 0.2) is 24.3 Å². The number of carboxylic acids is 1. The molecule has 0 spiro atoms. The summed E-state index contributed by atoms with van der Waals surface area (Å²) >= 11 is 0. The van der Waals surface area contributed by atoms with Crippen molar-refractivity contribution >= 4 is 17.7 Å². The normalized spacial score (nSPS) is 11.7. The smallest absolute Gasteiger partial charge is 0.334 e. The molecule has 0 saturated heterocycles. The zero-order chi connectivity index (χ0) is 14.3. The molecule has 104 valence electrons. The van der Waals surface area contributed by atoms with Crippen molar-refractivity contribution in [2.45, 2.75) is 25.9 Å². The number of urea groups is 1. The molecule has 0 aliphatic rings. The first-order valence-corrected chi connectivity index (χ1v) is 6.07. The summed E-state index contributed by atoms with van der Waals surface area (Å²) < 4.78 is 0. The Morgan fingerprint density at radius 1 is 1.26 bits per heavy atom. The predicted octanol–water partition coefficient (Wildman–Crippen LogP) is 1.21. The molecule has 0 fully saturated rings. The van der Waals surface area contributed by atoms with Crippen LogP contribution < -0.4 is 10.6 Å². The maximum Gasteiger partial charge on any atom is 0.334 e. The Kier molecular flexibility index (Phi) is 5.81. The van der Waals surface area contributed by atoms with Crippen molar-refractivity contribution in [2.75, 3.05) is 11.9 Å². The van der Waals surface area contributed by atoms with E-state index in [-0.39, 0.29) is 6.54 Å². The Morgan fingerprint density at radius 3 is 2.42 bits per heavy atom. The first kappa shape index (κ1) is 15.0. The second-order valence-electron chi connectivity index (χ2n) is 4.14. The molecule has 1 aromatic carbocycles. The summed E-state index contributed by atoms with van der Waals surface area (Å²) in [5.74, 6) is -1.37. The van der Waals surface area contributed by atoms with Gasteiger partial charge in [-0.05, 0) is 24.1 Å². The Balaban J connectivity index is 2.41. The van der Waals surface area contributed by atoms with Gasteiger partial charge in [-0.3, -0.25) is 0 Å². The number of carbonyl (C=O) groups excluding carboxylic acids is 1. The van der Waals surface area contributed by atoms with Crippen LogP contribution in [-0.4, -0.2) is 34.9 Å². The molecule has 4 N–H and O–H groups in total. The van der Waals surface area contributed by atoms with Crippen molar-refractivity contribution in [2.24, 2.45) is 0 Å². The SMILES string of the molecule is CCCc1ccc(NC(=O)NC[C@H](O)C(=O)O)cc1. The maximum atomic E-state index is 11.4. The van der Waals surface area contributed by atoms with Crippen molar-refractivity contribution in [3.05, 3.63) is 29.8 Å². The highest BCUT2D eigenvalue weighted by molar-refractivity contribution is 5.89. The van der Waals surface area contributed by atoms with Crippen LogP contribution in [0.5, 0.6) is 0 Å². The topological polar surface area (TPSA) is 98.7 Å². The van der Waals surface area contributed by atoms with E-state index in [1.54, 1.807) is 12.1 Å². The van der Waals surface area contributed by atoms with Crippen molar-refractivity contribution in [1.82, 2.24) is 5.32 Å². The van der Waals surface area contributed by atoms with E-state index in [4.69, 9.17) is 10.2 Å². The van der Waals surface area contributed by atoms with Gasteiger partial charge < -0.3 is 20.8 Å². The van der Waals surface area contributed by atoms with Crippen LogP contribution in [-0.2, 0) is 11.2 Å². The summed E-state index contributed by atoms with van der Waals surface area (Å²) in [5.41, 5.74) is 1.80. The van der Waals surface area contributed by atoms with E-state index in [0.29, 0.717) is 5.69 Å². The van der Waals surface area contributed by atoms with E-state index < -0.39 is 18.1 Å². The molecule has 0 aliphatic heterocycles. The lowest BCUT2D eigenvalue weighted by molar-refractivity contribution is -0.146. The molecule has 1 atom stereocenters. The fraction of sp³-hybridized carbons (Fsp3) is 0.385. The zero-order valence-electron chi connectivity index (χ0n) is 10.7. The average molecular weight is 266 g/mol. The second-order valence-corrected chi connectivity index (χ2v) is 4.14. The third kappa shape index (κ3) is 5.39. The number of hydrogen-bond acceptors (Lipinski definition) is 3. The number of nitrogens with one attached hydrogen (secondary N) is 2. The molecule has 0 aromatic heterocycles. The summed E-state index contributed by atoms with van der Waals surface area (Å²) in [6.07, 6.45) is 0.440. The van der Waals surface area contributed by atoms with Gasteiger partial charge >= 0.3 is 12.0 Å². The number of hydrogen-bond donors (Lipinski definition) is 4. The summed E-state index contributed by atoms with van der Waals surface area (Å²) in [5, 5.41) is 22.3. The molecule has 6 nitrogen and oxygen atoms in total. The Labute approximate surface area is 111 Å². The molecule has 0 aliphatic carbocycles. The van der Waals surface area contributed by atoms with Crippen molar-refractivity contribution in [1.29, 1.82) is 0 Å². The molecular formula is C13H18N2O4. The molecular weight excluding hydrogens is 248 g/mol. The van der Waals surface area contributed by atoms with Crippen molar-refractivity contribution in [3.63, 3.8) is 0 Å².